The molecule has 0 aliphatic carbocycles. The van der Waals surface area contributed by atoms with Crippen LogP contribution < -0.4 is 24.8 Å². The summed E-state index contributed by atoms with van der Waals surface area (Å²) >= 11 is 5.96. The van der Waals surface area contributed by atoms with Crippen LogP contribution in [-0.2, 0) is 5.60 Å². The molecule has 198 valence electrons. The Labute approximate surface area is 219 Å². The molecule has 0 spiro atoms. The quantitative estimate of drug-likeness (QED) is 0.280. The van der Waals surface area contributed by atoms with Crippen molar-refractivity contribution >= 4 is 17.5 Å². The molecule has 0 aliphatic rings. The highest BCUT2D eigenvalue weighted by Gasteiger charge is 2.32. The second-order valence-electron chi connectivity index (χ2n) is 8.06. The zero-order chi connectivity index (χ0) is 27.0. The Morgan fingerprint density at radius 3 is 2.43 bits per heavy atom. The molecule has 4 N–H and O–H groups in total. The SMILES string of the molecule is CNCC(O)(CNC(=O)c1ccc(OCCO)c(OC)c1)c1ccc(OC)c(-c2ccc(F)c(Cl)c2)n1. The summed E-state index contributed by atoms with van der Waals surface area (Å²) in [6.45, 7) is -0.196. The first-order valence-electron chi connectivity index (χ1n) is 11.3. The van der Waals surface area contributed by atoms with Gasteiger partial charge in [0.25, 0.3) is 5.91 Å². The van der Waals surface area contributed by atoms with E-state index in [9.17, 15) is 14.3 Å². The van der Waals surface area contributed by atoms with Gasteiger partial charge in [-0.25, -0.2) is 9.37 Å². The first-order chi connectivity index (χ1) is 17.8. The standard InChI is InChI=1S/C26H29ClFN3O6/c1-29-14-26(34,15-30-25(33)17-5-7-20(37-11-10-32)22(13-17)36-3)23-9-8-21(35-2)24(31-23)16-4-6-19(28)18(27)12-16/h4-9,12-13,29,32,34H,10-11,14-15H2,1-3H3,(H,30,33). The number of pyridine rings is 1. The zero-order valence-corrected chi connectivity index (χ0v) is 21.4. The third-order valence-electron chi connectivity index (χ3n) is 5.53. The smallest absolute Gasteiger partial charge is 0.251 e. The van der Waals surface area contributed by atoms with E-state index in [0.29, 0.717) is 28.5 Å². The largest absolute Gasteiger partial charge is 0.494 e. The predicted octanol–water partition coefficient (Wildman–Crippen LogP) is 2.77. The number of aliphatic hydroxyl groups is 2. The van der Waals surface area contributed by atoms with Crippen LogP contribution >= 0.6 is 11.6 Å². The highest BCUT2D eigenvalue weighted by molar-refractivity contribution is 6.31. The number of aromatic nitrogens is 1. The number of carbonyl (C=O) groups is 1. The van der Waals surface area contributed by atoms with Crippen LogP contribution in [0.1, 0.15) is 16.1 Å². The molecule has 11 heteroatoms. The third-order valence-corrected chi connectivity index (χ3v) is 5.82. The van der Waals surface area contributed by atoms with Crippen molar-refractivity contribution in [2.75, 3.05) is 47.6 Å². The fourth-order valence-electron chi connectivity index (χ4n) is 3.67. The van der Waals surface area contributed by atoms with Crippen molar-refractivity contribution in [2.45, 2.75) is 5.60 Å². The number of ether oxygens (including phenoxy) is 3. The maximum Gasteiger partial charge on any atom is 0.251 e. The molecule has 0 aliphatic heterocycles. The highest BCUT2D eigenvalue weighted by atomic mass is 35.5. The molecule has 3 aromatic rings. The van der Waals surface area contributed by atoms with E-state index in [1.54, 1.807) is 31.3 Å². The molecular weight excluding hydrogens is 505 g/mol. The van der Waals surface area contributed by atoms with Crippen LogP contribution in [0.4, 0.5) is 4.39 Å². The van der Waals surface area contributed by atoms with Crippen LogP contribution in [0.3, 0.4) is 0 Å². The van der Waals surface area contributed by atoms with E-state index >= 15 is 0 Å². The predicted molar refractivity (Wildman–Crippen MR) is 137 cm³/mol. The van der Waals surface area contributed by atoms with Crippen molar-refractivity contribution in [1.82, 2.24) is 15.6 Å². The van der Waals surface area contributed by atoms with E-state index in [2.05, 4.69) is 15.6 Å². The number of benzene rings is 2. The van der Waals surface area contributed by atoms with Crippen LogP contribution in [0.25, 0.3) is 11.3 Å². The average Bonchev–Trinajstić information content (AvgIpc) is 2.91. The van der Waals surface area contributed by atoms with Gasteiger partial charge in [0.05, 0.1) is 38.1 Å². The van der Waals surface area contributed by atoms with Gasteiger partial charge >= 0.3 is 0 Å². The molecule has 0 saturated heterocycles. The number of nitrogens with one attached hydrogen (secondary N) is 2. The summed E-state index contributed by atoms with van der Waals surface area (Å²) in [6, 6.07) is 12.0. The fraction of sp³-hybridized carbons (Fsp3) is 0.308. The van der Waals surface area contributed by atoms with Gasteiger partial charge < -0.3 is 35.1 Å². The normalized spacial score (nSPS) is 12.5. The number of likely N-dealkylation sites (N-methyl/N-ethyl adjacent to an activating group) is 1. The Bertz CT molecular complexity index is 1240. The molecule has 1 amide bonds. The maximum absolute atomic E-state index is 13.7. The molecule has 0 radical (unpaired) electrons. The lowest BCUT2D eigenvalue weighted by atomic mass is 9.97. The number of hydrogen-bond acceptors (Lipinski definition) is 8. The number of halogens is 2. The molecule has 37 heavy (non-hydrogen) atoms. The van der Waals surface area contributed by atoms with Gasteiger partial charge in [-0.3, -0.25) is 4.79 Å². The summed E-state index contributed by atoms with van der Waals surface area (Å²) in [5.41, 5.74) is -0.223. The van der Waals surface area contributed by atoms with Crippen molar-refractivity contribution in [3.8, 4) is 28.5 Å². The number of rotatable bonds is 12. The minimum absolute atomic E-state index is 0.0630. The van der Waals surface area contributed by atoms with Gasteiger partial charge in [0, 0.05) is 17.7 Å². The monoisotopic (exact) mass is 533 g/mol. The lowest BCUT2D eigenvalue weighted by Crippen LogP contribution is -2.47. The van der Waals surface area contributed by atoms with Gasteiger partial charge in [0.2, 0.25) is 0 Å². The molecule has 0 bridgehead atoms. The number of amides is 1. The van der Waals surface area contributed by atoms with E-state index in [1.807, 2.05) is 0 Å². The summed E-state index contributed by atoms with van der Waals surface area (Å²) in [4.78, 5) is 17.5. The van der Waals surface area contributed by atoms with Crippen LogP contribution in [0.15, 0.2) is 48.5 Å². The summed E-state index contributed by atoms with van der Waals surface area (Å²) in [6.07, 6.45) is 0. The number of hydrogen-bond donors (Lipinski definition) is 4. The van der Waals surface area contributed by atoms with Crippen LogP contribution in [0, 0.1) is 5.82 Å². The van der Waals surface area contributed by atoms with Gasteiger partial charge in [-0.2, -0.15) is 0 Å². The molecule has 2 aromatic carbocycles. The van der Waals surface area contributed by atoms with Gasteiger partial charge in [-0.15, -0.1) is 0 Å². The minimum atomic E-state index is -1.61. The molecule has 1 aromatic heterocycles. The summed E-state index contributed by atoms with van der Waals surface area (Å²) in [5, 5.41) is 26.1. The second-order valence-corrected chi connectivity index (χ2v) is 8.47. The Balaban J connectivity index is 1.88. The van der Waals surface area contributed by atoms with Gasteiger partial charge in [0.1, 0.15) is 29.5 Å². The average molecular weight is 534 g/mol. The Morgan fingerprint density at radius 1 is 1.05 bits per heavy atom. The van der Waals surface area contributed by atoms with E-state index in [1.165, 1.54) is 38.5 Å². The molecule has 1 unspecified atom stereocenters. The minimum Gasteiger partial charge on any atom is -0.494 e. The van der Waals surface area contributed by atoms with E-state index in [4.69, 9.17) is 30.9 Å². The lowest BCUT2D eigenvalue weighted by Gasteiger charge is -2.28. The Kier molecular flexibility index (Phi) is 9.65. The molecule has 0 saturated carbocycles. The molecular formula is C26H29ClFN3O6. The first-order valence-corrected chi connectivity index (χ1v) is 11.7. The third kappa shape index (κ3) is 6.66. The summed E-state index contributed by atoms with van der Waals surface area (Å²) in [7, 11) is 4.57. The van der Waals surface area contributed by atoms with E-state index in [-0.39, 0.29) is 42.6 Å². The van der Waals surface area contributed by atoms with Crippen LogP contribution in [0.5, 0.6) is 17.2 Å². The van der Waals surface area contributed by atoms with E-state index < -0.39 is 17.3 Å². The maximum atomic E-state index is 13.7. The molecule has 3 rings (SSSR count). The second kappa shape index (κ2) is 12.7. The van der Waals surface area contributed by atoms with Gasteiger partial charge in [0.15, 0.2) is 11.5 Å². The van der Waals surface area contributed by atoms with Crippen molar-refractivity contribution < 1.29 is 33.6 Å². The molecule has 1 atom stereocenters. The van der Waals surface area contributed by atoms with Crippen LogP contribution in [-0.4, -0.2) is 68.7 Å². The van der Waals surface area contributed by atoms with Crippen molar-refractivity contribution in [3.63, 3.8) is 0 Å². The highest BCUT2D eigenvalue weighted by Crippen LogP contribution is 2.33. The topological polar surface area (TPSA) is 122 Å². The van der Waals surface area contributed by atoms with Gasteiger partial charge in [-0.05, 0) is 55.6 Å². The van der Waals surface area contributed by atoms with E-state index in [0.717, 1.165) is 0 Å². The zero-order valence-electron chi connectivity index (χ0n) is 20.7. The number of aliphatic hydroxyl groups excluding tert-OH is 1. The first kappa shape index (κ1) is 28.1. The van der Waals surface area contributed by atoms with Crippen molar-refractivity contribution in [1.29, 1.82) is 0 Å². The van der Waals surface area contributed by atoms with Crippen molar-refractivity contribution in [3.05, 3.63) is 70.6 Å². The fourth-order valence-corrected chi connectivity index (χ4v) is 3.85. The summed E-state index contributed by atoms with van der Waals surface area (Å²) < 4.78 is 29.8. The summed E-state index contributed by atoms with van der Waals surface area (Å²) in [5.74, 6) is 0.0830. The number of methoxy groups -OCH3 is 2. The molecule has 1 heterocycles. The van der Waals surface area contributed by atoms with Gasteiger partial charge in [-0.1, -0.05) is 11.6 Å². The molecule has 9 nitrogen and oxygen atoms in total. The molecule has 0 fully saturated rings. The Hall–Kier alpha value is -3.44. The van der Waals surface area contributed by atoms with Crippen molar-refractivity contribution in [2.24, 2.45) is 0 Å². The van der Waals surface area contributed by atoms with Crippen LogP contribution in [0.2, 0.25) is 5.02 Å². The lowest BCUT2D eigenvalue weighted by molar-refractivity contribution is 0.0331. The number of carbonyl (C=O) groups excluding carboxylic acids is 1. The Morgan fingerprint density at radius 2 is 1.78 bits per heavy atom. The number of nitrogens with zero attached hydrogens (tertiary/aromatic N) is 1.